The predicted octanol–water partition coefficient (Wildman–Crippen LogP) is 2.24. The molecule has 0 heterocycles. The quantitative estimate of drug-likeness (QED) is 0.393. The number of hydrogen-bond acceptors (Lipinski definition) is 6. The van der Waals surface area contributed by atoms with Gasteiger partial charge in [0.25, 0.3) is 0 Å². The molecule has 0 amide bonds. The van der Waals surface area contributed by atoms with E-state index in [-0.39, 0.29) is 0 Å². The Morgan fingerprint density at radius 3 is 0.852 bits per heavy atom. The monoisotopic (exact) mass is 389 g/mol. The lowest BCUT2D eigenvalue weighted by Crippen LogP contribution is -2.00. The zero-order valence-corrected chi connectivity index (χ0v) is 17.2. The summed E-state index contributed by atoms with van der Waals surface area (Å²) in [5, 5.41) is 23.8. The standard InChI is InChI=1S/C6H14.3C4H7NO2/c1-5-6(2,3)4;3*1-3(5)2-4(6)7/h5H2,1-4H3;3*2H,5H2,1H3,(H,6,7). The Morgan fingerprint density at radius 2 is 0.852 bits per heavy atom. The second-order valence-corrected chi connectivity index (χ2v) is 6.59. The average Bonchev–Trinajstić information content (AvgIpc) is 2.34. The fourth-order valence-corrected chi connectivity index (χ4v) is 0.584. The molecular formula is C18H35N3O6. The van der Waals surface area contributed by atoms with Gasteiger partial charge in [0.05, 0.1) is 0 Å². The molecule has 0 saturated heterocycles. The summed E-state index contributed by atoms with van der Waals surface area (Å²) in [6.07, 6.45) is 4.10. The number of hydrogen-bond donors (Lipinski definition) is 6. The fourth-order valence-electron chi connectivity index (χ4n) is 0.584. The Hall–Kier alpha value is -2.97. The van der Waals surface area contributed by atoms with Crippen molar-refractivity contribution in [1.82, 2.24) is 0 Å². The van der Waals surface area contributed by atoms with E-state index >= 15 is 0 Å². The van der Waals surface area contributed by atoms with Crippen molar-refractivity contribution in [2.45, 2.75) is 54.9 Å². The molecule has 0 saturated carbocycles. The van der Waals surface area contributed by atoms with Crippen LogP contribution in [0.25, 0.3) is 0 Å². The molecule has 158 valence electrons. The zero-order chi connectivity index (χ0) is 22.8. The van der Waals surface area contributed by atoms with Gasteiger partial charge < -0.3 is 32.5 Å². The van der Waals surface area contributed by atoms with Crippen LogP contribution < -0.4 is 17.2 Å². The second-order valence-electron chi connectivity index (χ2n) is 6.59. The van der Waals surface area contributed by atoms with Crippen LogP contribution in [0.4, 0.5) is 0 Å². The van der Waals surface area contributed by atoms with Crippen molar-refractivity contribution >= 4 is 17.9 Å². The van der Waals surface area contributed by atoms with Crippen LogP contribution in [0.3, 0.4) is 0 Å². The van der Waals surface area contributed by atoms with Gasteiger partial charge in [-0.2, -0.15) is 0 Å². The minimum Gasteiger partial charge on any atom is -0.478 e. The Balaban J connectivity index is -0.000000131. The molecule has 0 aliphatic rings. The summed E-state index contributed by atoms with van der Waals surface area (Å²) in [5.74, 6) is -3.00. The van der Waals surface area contributed by atoms with Crippen LogP contribution in [0, 0.1) is 5.41 Å². The van der Waals surface area contributed by atoms with Crippen LogP contribution >= 0.6 is 0 Å². The molecule has 0 aromatic heterocycles. The number of aliphatic carboxylic acids is 3. The van der Waals surface area contributed by atoms with Gasteiger partial charge in [-0.05, 0) is 26.2 Å². The van der Waals surface area contributed by atoms with Crippen LogP contribution in [0.15, 0.2) is 35.3 Å². The fraction of sp³-hybridized carbons (Fsp3) is 0.500. The number of carboxylic acid groups (broad SMARTS) is 3. The maximum absolute atomic E-state index is 9.65. The van der Waals surface area contributed by atoms with Gasteiger partial charge in [0.1, 0.15) is 0 Å². The molecule has 0 unspecified atom stereocenters. The normalized spacial score (nSPS) is 11.4. The summed E-state index contributed by atoms with van der Waals surface area (Å²) >= 11 is 0. The largest absolute Gasteiger partial charge is 0.478 e. The van der Waals surface area contributed by atoms with E-state index in [2.05, 4.69) is 27.7 Å². The molecule has 9 heteroatoms. The van der Waals surface area contributed by atoms with Gasteiger partial charge in [-0.1, -0.05) is 34.1 Å². The van der Waals surface area contributed by atoms with Gasteiger partial charge in [0.2, 0.25) is 0 Å². The summed E-state index contributed by atoms with van der Waals surface area (Å²) in [4.78, 5) is 29.0. The van der Waals surface area contributed by atoms with Crippen molar-refractivity contribution in [1.29, 1.82) is 0 Å². The van der Waals surface area contributed by atoms with Crippen LogP contribution in [0.1, 0.15) is 54.9 Å². The third-order valence-corrected chi connectivity index (χ3v) is 2.11. The lowest BCUT2D eigenvalue weighted by Gasteiger charge is -2.12. The van der Waals surface area contributed by atoms with E-state index in [1.807, 2.05) is 0 Å². The van der Waals surface area contributed by atoms with E-state index in [4.69, 9.17) is 32.5 Å². The predicted molar refractivity (Wildman–Crippen MR) is 106 cm³/mol. The molecule has 0 aromatic rings. The maximum Gasteiger partial charge on any atom is 0.330 e. The molecule has 0 fully saturated rings. The molecule has 0 radical (unpaired) electrons. The topological polar surface area (TPSA) is 190 Å². The highest BCUT2D eigenvalue weighted by atomic mass is 16.4. The van der Waals surface area contributed by atoms with Gasteiger partial charge >= 0.3 is 17.9 Å². The smallest absolute Gasteiger partial charge is 0.330 e. The third-order valence-electron chi connectivity index (χ3n) is 2.11. The van der Waals surface area contributed by atoms with Gasteiger partial charge in [-0.15, -0.1) is 0 Å². The second kappa shape index (κ2) is 17.8. The maximum atomic E-state index is 9.65. The minimum absolute atomic E-state index is 0.313. The van der Waals surface area contributed by atoms with Crippen molar-refractivity contribution in [2.75, 3.05) is 0 Å². The van der Waals surface area contributed by atoms with Crippen molar-refractivity contribution < 1.29 is 29.7 Å². The summed E-state index contributed by atoms with van der Waals surface area (Å²) < 4.78 is 0. The van der Waals surface area contributed by atoms with Gasteiger partial charge in [0, 0.05) is 35.3 Å². The Morgan fingerprint density at radius 1 is 0.704 bits per heavy atom. The van der Waals surface area contributed by atoms with Gasteiger partial charge in [-0.25, -0.2) is 14.4 Å². The number of carbonyl (C=O) groups is 3. The van der Waals surface area contributed by atoms with Crippen molar-refractivity contribution in [2.24, 2.45) is 22.6 Å². The third kappa shape index (κ3) is 70.4. The number of nitrogens with two attached hydrogens (primary N) is 3. The molecule has 9 N–H and O–H groups in total. The van der Waals surface area contributed by atoms with Crippen LogP contribution in [-0.4, -0.2) is 33.2 Å². The average molecular weight is 389 g/mol. The van der Waals surface area contributed by atoms with Gasteiger partial charge in [-0.3, -0.25) is 0 Å². The summed E-state index contributed by atoms with van der Waals surface area (Å²) in [6, 6.07) is 0. The molecule has 0 aromatic carbocycles. The van der Waals surface area contributed by atoms with E-state index in [9.17, 15) is 14.4 Å². The highest BCUT2D eigenvalue weighted by molar-refractivity contribution is 5.80. The number of carboxylic acids is 3. The molecular weight excluding hydrogens is 354 g/mol. The Bertz CT molecular complexity index is 465. The van der Waals surface area contributed by atoms with E-state index in [1.54, 1.807) is 0 Å². The minimum atomic E-state index is -1.000. The van der Waals surface area contributed by atoms with E-state index in [0.717, 1.165) is 18.2 Å². The highest BCUT2D eigenvalue weighted by Gasteiger charge is 2.03. The van der Waals surface area contributed by atoms with E-state index < -0.39 is 17.9 Å². The first-order chi connectivity index (χ1) is 11.9. The lowest BCUT2D eigenvalue weighted by atomic mass is 9.94. The summed E-state index contributed by atoms with van der Waals surface area (Å²) in [7, 11) is 0. The molecule has 0 bridgehead atoms. The molecule has 0 spiro atoms. The van der Waals surface area contributed by atoms with E-state index in [0.29, 0.717) is 22.5 Å². The highest BCUT2D eigenvalue weighted by Crippen LogP contribution is 2.16. The summed E-state index contributed by atoms with van der Waals surface area (Å²) in [5.41, 5.74) is 16.4. The van der Waals surface area contributed by atoms with Gasteiger partial charge in [0.15, 0.2) is 0 Å². The Labute approximate surface area is 161 Å². The zero-order valence-electron chi connectivity index (χ0n) is 17.2. The molecule has 0 rings (SSSR count). The first kappa shape index (κ1) is 31.8. The molecule has 0 atom stereocenters. The SMILES string of the molecule is CC(N)=CC(=O)O.CC(N)=CC(=O)O.CC(N)=CC(=O)O.CCC(C)(C)C. The van der Waals surface area contributed by atoms with Crippen LogP contribution in [-0.2, 0) is 14.4 Å². The Kier molecular flexibility index (Phi) is 21.0. The number of rotatable bonds is 3. The molecule has 9 nitrogen and oxygen atoms in total. The number of allylic oxidation sites excluding steroid dienone is 3. The summed E-state index contributed by atoms with van der Waals surface area (Å²) in [6.45, 7) is 13.5. The molecule has 0 aliphatic heterocycles. The van der Waals surface area contributed by atoms with Crippen molar-refractivity contribution in [3.05, 3.63) is 35.3 Å². The van der Waals surface area contributed by atoms with Crippen LogP contribution in [0.2, 0.25) is 0 Å². The van der Waals surface area contributed by atoms with Crippen LogP contribution in [0.5, 0.6) is 0 Å². The van der Waals surface area contributed by atoms with Crippen molar-refractivity contribution in [3.8, 4) is 0 Å². The first-order valence-electron chi connectivity index (χ1n) is 7.94. The first-order valence-corrected chi connectivity index (χ1v) is 7.94. The van der Waals surface area contributed by atoms with Crippen molar-refractivity contribution in [3.63, 3.8) is 0 Å². The molecule has 27 heavy (non-hydrogen) atoms. The molecule has 0 aliphatic carbocycles. The van der Waals surface area contributed by atoms with E-state index in [1.165, 1.54) is 27.2 Å². The lowest BCUT2D eigenvalue weighted by molar-refractivity contribution is -0.132.